The van der Waals surface area contributed by atoms with Gasteiger partial charge in [-0.1, -0.05) is 6.07 Å². The zero-order chi connectivity index (χ0) is 24.0. The molecule has 6 rings (SSSR count). The van der Waals surface area contributed by atoms with E-state index in [1.54, 1.807) is 12.1 Å². The van der Waals surface area contributed by atoms with Crippen LogP contribution in [0, 0.1) is 23.2 Å². The summed E-state index contributed by atoms with van der Waals surface area (Å²) in [5, 5.41) is 10.1. The number of ether oxygens (including phenoxy) is 3. The van der Waals surface area contributed by atoms with Crippen LogP contribution in [0.1, 0.15) is 50.0 Å². The van der Waals surface area contributed by atoms with Gasteiger partial charge < -0.3 is 24.2 Å². The number of esters is 2. The van der Waals surface area contributed by atoms with Crippen LogP contribution in [0.3, 0.4) is 0 Å². The van der Waals surface area contributed by atoms with Crippen molar-refractivity contribution in [3.8, 4) is 11.5 Å². The van der Waals surface area contributed by atoms with Crippen molar-refractivity contribution in [3.05, 3.63) is 47.3 Å². The number of hydrogen-bond acceptors (Lipinski definition) is 7. The maximum absolute atomic E-state index is 13.0. The molecule has 1 heterocycles. The van der Waals surface area contributed by atoms with Gasteiger partial charge in [0, 0.05) is 18.9 Å². The number of phenolic OH excluding ortho intramolecular Hbond substituents is 1. The molecular weight excluding hydrogens is 434 g/mol. The van der Waals surface area contributed by atoms with Crippen LogP contribution < -0.4 is 4.74 Å². The Morgan fingerprint density at radius 1 is 0.941 bits per heavy atom. The van der Waals surface area contributed by atoms with Gasteiger partial charge >= 0.3 is 11.9 Å². The van der Waals surface area contributed by atoms with E-state index in [1.807, 2.05) is 17.3 Å². The molecule has 4 bridgehead atoms. The van der Waals surface area contributed by atoms with Crippen LogP contribution >= 0.6 is 0 Å². The molecule has 1 aromatic carbocycles. The highest BCUT2D eigenvalue weighted by Gasteiger charge is 2.51. The second kappa shape index (κ2) is 8.67. The summed E-state index contributed by atoms with van der Waals surface area (Å²) >= 11 is 0. The topological polar surface area (TPSA) is 85.3 Å². The van der Waals surface area contributed by atoms with Gasteiger partial charge in [-0.25, -0.2) is 9.59 Å². The average Bonchev–Trinajstić information content (AvgIpc) is 2.81. The van der Waals surface area contributed by atoms with E-state index in [0.29, 0.717) is 16.7 Å². The van der Waals surface area contributed by atoms with Gasteiger partial charge in [-0.15, -0.1) is 0 Å². The van der Waals surface area contributed by atoms with Crippen molar-refractivity contribution >= 4 is 11.9 Å². The van der Waals surface area contributed by atoms with Crippen LogP contribution in [0.5, 0.6) is 11.5 Å². The predicted octanol–water partition coefficient (Wildman–Crippen LogP) is 4.13. The molecule has 0 atom stereocenters. The van der Waals surface area contributed by atoms with Gasteiger partial charge in [0.1, 0.15) is 0 Å². The van der Waals surface area contributed by atoms with Gasteiger partial charge in [-0.3, -0.25) is 0 Å². The monoisotopic (exact) mass is 467 g/mol. The smallest absolute Gasteiger partial charge is 0.336 e. The minimum Gasteiger partial charge on any atom is -0.504 e. The van der Waals surface area contributed by atoms with E-state index in [4.69, 9.17) is 14.2 Å². The SMILES string of the molecule is COC(=O)C1=CN(CC23CC4CC(CC(C4)C2)C3)C=C(C(=O)OC)C1c1ccc(O)c(OC)c1. The van der Waals surface area contributed by atoms with Crippen LogP contribution in [0.2, 0.25) is 0 Å². The summed E-state index contributed by atoms with van der Waals surface area (Å²) < 4.78 is 15.5. The molecule has 1 N–H and O–H groups in total. The van der Waals surface area contributed by atoms with Crippen molar-refractivity contribution in [1.29, 1.82) is 0 Å². The molecule has 0 amide bonds. The third-order valence-corrected chi connectivity index (χ3v) is 8.29. The average molecular weight is 468 g/mol. The van der Waals surface area contributed by atoms with Crippen molar-refractivity contribution in [2.45, 2.75) is 44.4 Å². The van der Waals surface area contributed by atoms with Crippen LogP contribution in [0.4, 0.5) is 0 Å². The second-order valence-corrected chi connectivity index (χ2v) is 10.6. The summed E-state index contributed by atoms with van der Waals surface area (Å²) in [5.41, 5.74) is 1.59. The first kappa shape index (κ1) is 22.8. The normalized spacial score (nSPS) is 30.0. The summed E-state index contributed by atoms with van der Waals surface area (Å²) in [5.74, 6) is 0.981. The van der Waals surface area contributed by atoms with E-state index >= 15 is 0 Å². The maximum atomic E-state index is 13.0. The summed E-state index contributed by atoms with van der Waals surface area (Å²) in [6, 6.07) is 4.83. The Morgan fingerprint density at radius 2 is 1.47 bits per heavy atom. The van der Waals surface area contributed by atoms with E-state index < -0.39 is 17.9 Å². The third kappa shape index (κ3) is 3.95. The van der Waals surface area contributed by atoms with Crippen molar-refractivity contribution in [3.63, 3.8) is 0 Å². The lowest BCUT2D eigenvalue weighted by molar-refractivity contribution is -0.137. The van der Waals surface area contributed by atoms with Crippen molar-refractivity contribution < 1.29 is 28.9 Å². The highest BCUT2D eigenvalue weighted by atomic mass is 16.5. The Labute approximate surface area is 200 Å². The number of aromatic hydroxyl groups is 1. The number of hydrogen-bond donors (Lipinski definition) is 1. The van der Waals surface area contributed by atoms with Crippen molar-refractivity contribution in [2.75, 3.05) is 27.9 Å². The Kier molecular flexibility index (Phi) is 5.82. The first-order valence-electron chi connectivity index (χ1n) is 12.1. The van der Waals surface area contributed by atoms with Gasteiger partial charge in [0.15, 0.2) is 11.5 Å². The largest absolute Gasteiger partial charge is 0.504 e. The Balaban J connectivity index is 1.53. The number of carbonyl (C=O) groups is 2. The Hall–Kier alpha value is -2.96. The number of rotatable bonds is 6. The van der Waals surface area contributed by atoms with Crippen LogP contribution in [0.25, 0.3) is 0 Å². The zero-order valence-electron chi connectivity index (χ0n) is 20.1. The number of nitrogens with zero attached hydrogens (tertiary/aromatic N) is 1. The molecule has 182 valence electrons. The molecule has 34 heavy (non-hydrogen) atoms. The van der Waals surface area contributed by atoms with Crippen LogP contribution in [-0.2, 0) is 19.1 Å². The molecule has 0 spiro atoms. The van der Waals surface area contributed by atoms with Crippen molar-refractivity contribution in [1.82, 2.24) is 4.90 Å². The first-order chi connectivity index (χ1) is 16.3. The van der Waals surface area contributed by atoms with E-state index in [0.717, 1.165) is 24.3 Å². The maximum Gasteiger partial charge on any atom is 0.336 e. The van der Waals surface area contributed by atoms with Gasteiger partial charge in [0.05, 0.1) is 38.4 Å². The number of benzene rings is 1. The molecular formula is C27H33NO6. The lowest BCUT2D eigenvalue weighted by Crippen LogP contribution is -2.50. The molecule has 5 aliphatic rings. The number of methoxy groups -OCH3 is 3. The molecule has 1 aromatic rings. The van der Waals surface area contributed by atoms with Gasteiger partial charge in [-0.05, 0) is 79.4 Å². The first-order valence-corrected chi connectivity index (χ1v) is 12.1. The number of phenols is 1. The highest BCUT2D eigenvalue weighted by Crippen LogP contribution is 2.60. The Bertz CT molecular complexity index is 988. The summed E-state index contributed by atoms with van der Waals surface area (Å²) in [4.78, 5) is 27.9. The molecule has 7 heteroatoms. The molecule has 0 unspecified atom stereocenters. The van der Waals surface area contributed by atoms with E-state index in [9.17, 15) is 14.7 Å². The molecule has 4 fully saturated rings. The lowest BCUT2D eigenvalue weighted by atomic mass is 9.49. The predicted molar refractivity (Wildman–Crippen MR) is 125 cm³/mol. The van der Waals surface area contributed by atoms with E-state index in [-0.39, 0.29) is 16.9 Å². The fourth-order valence-corrected chi connectivity index (χ4v) is 7.48. The van der Waals surface area contributed by atoms with Gasteiger partial charge in [0.2, 0.25) is 0 Å². The number of carbonyl (C=O) groups excluding carboxylic acids is 2. The zero-order valence-corrected chi connectivity index (χ0v) is 20.1. The van der Waals surface area contributed by atoms with Crippen molar-refractivity contribution in [2.24, 2.45) is 23.2 Å². The fourth-order valence-electron chi connectivity index (χ4n) is 7.48. The molecule has 4 saturated carbocycles. The summed E-state index contributed by atoms with van der Waals surface area (Å²) in [6.07, 6.45) is 11.4. The molecule has 0 aromatic heterocycles. The van der Waals surface area contributed by atoms with E-state index in [1.165, 1.54) is 65.9 Å². The van der Waals surface area contributed by atoms with Crippen LogP contribution in [0.15, 0.2) is 41.7 Å². The second-order valence-electron chi connectivity index (χ2n) is 10.6. The summed E-state index contributed by atoms with van der Waals surface area (Å²) in [7, 11) is 4.15. The quantitative estimate of drug-likeness (QED) is 0.630. The minimum atomic E-state index is -0.693. The molecule has 7 nitrogen and oxygen atoms in total. The Morgan fingerprint density at radius 3 is 1.94 bits per heavy atom. The fraction of sp³-hybridized carbons (Fsp3) is 0.556. The standard InChI is InChI=1S/C27H33NO6/c1-32-23-9-19(4-5-22(23)29)24-20(25(30)33-2)13-28(14-21(24)26(31)34-3)15-27-10-16-6-17(11-27)8-18(7-16)12-27/h4-5,9,13-14,16-18,24,29H,6-8,10-12,15H2,1-3H3. The van der Waals surface area contributed by atoms with Gasteiger partial charge in [-0.2, -0.15) is 0 Å². The molecule has 4 aliphatic carbocycles. The van der Waals surface area contributed by atoms with Gasteiger partial charge in [0.25, 0.3) is 0 Å². The highest BCUT2D eigenvalue weighted by molar-refractivity contribution is 5.98. The third-order valence-electron chi connectivity index (χ3n) is 8.29. The molecule has 0 radical (unpaired) electrons. The molecule has 1 aliphatic heterocycles. The van der Waals surface area contributed by atoms with E-state index in [2.05, 4.69) is 0 Å². The minimum absolute atomic E-state index is 0.0160. The lowest BCUT2D eigenvalue weighted by Gasteiger charge is -2.57. The molecule has 0 saturated heterocycles. The van der Waals surface area contributed by atoms with Crippen LogP contribution in [-0.4, -0.2) is 49.8 Å². The summed E-state index contributed by atoms with van der Waals surface area (Å²) in [6.45, 7) is 0.781.